The zero-order valence-electron chi connectivity index (χ0n) is 12.2. The molecule has 0 spiro atoms. The van der Waals surface area contributed by atoms with E-state index in [9.17, 15) is 13.9 Å². The number of nitrogens with zero attached hydrogens (tertiary/aromatic N) is 1. The first-order valence-corrected chi connectivity index (χ1v) is 6.87. The molecule has 0 bridgehead atoms. The minimum absolute atomic E-state index is 0.247. The Hall–Kier alpha value is -1.89. The number of hydrogen-bond acceptors (Lipinski definition) is 4. The van der Waals surface area contributed by atoms with Gasteiger partial charge >= 0.3 is 0 Å². The van der Waals surface area contributed by atoms with Crippen LogP contribution in [0.15, 0.2) is 42.7 Å². The summed E-state index contributed by atoms with van der Waals surface area (Å²) in [5.74, 6) is -1.80. The van der Waals surface area contributed by atoms with Crippen molar-refractivity contribution in [2.75, 3.05) is 20.3 Å². The summed E-state index contributed by atoms with van der Waals surface area (Å²) >= 11 is 0. The summed E-state index contributed by atoms with van der Waals surface area (Å²) in [5.41, 5.74) is 1.28. The Morgan fingerprint density at radius 3 is 2.50 bits per heavy atom. The number of hydrogen-bond donors (Lipinski definition) is 2. The Bertz CT molecular complexity index is 596. The molecule has 1 heterocycles. The molecule has 0 radical (unpaired) electrons. The second kappa shape index (κ2) is 7.93. The summed E-state index contributed by atoms with van der Waals surface area (Å²) in [4.78, 5) is 3.89. The van der Waals surface area contributed by atoms with Gasteiger partial charge in [-0.05, 0) is 35.4 Å². The molecule has 0 aliphatic carbocycles. The summed E-state index contributed by atoms with van der Waals surface area (Å²) in [7, 11) is 1.52. The topological polar surface area (TPSA) is 54.4 Å². The molecular weight excluding hydrogens is 290 g/mol. The van der Waals surface area contributed by atoms with Crippen molar-refractivity contribution in [3.05, 3.63) is 65.5 Å². The van der Waals surface area contributed by atoms with Crippen molar-refractivity contribution in [3.63, 3.8) is 0 Å². The third kappa shape index (κ3) is 4.30. The first-order chi connectivity index (χ1) is 10.6. The fourth-order valence-corrected chi connectivity index (χ4v) is 2.13. The maximum absolute atomic E-state index is 13.3. The minimum Gasteiger partial charge on any atom is -0.387 e. The van der Waals surface area contributed by atoms with Crippen molar-refractivity contribution in [1.82, 2.24) is 10.3 Å². The van der Waals surface area contributed by atoms with Crippen molar-refractivity contribution >= 4 is 0 Å². The van der Waals surface area contributed by atoms with Crippen molar-refractivity contribution in [2.24, 2.45) is 0 Å². The largest absolute Gasteiger partial charge is 0.387 e. The normalized spacial score (nSPS) is 13.8. The van der Waals surface area contributed by atoms with Crippen molar-refractivity contribution in [2.45, 2.75) is 12.1 Å². The number of methoxy groups -OCH3 is 1. The number of nitrogens with one attached hydrogen (secondary N) is 1. The van der Waals surface area contributed by atoms with Gasteiger partial charge in [-0.25, -0.2) is 8.78 Å². The van der Waals surface area contributed by atoms with Gasteiger partial charge in [-0.15, -0.1) is 0 Å². The number of halogens is 2. The molecule has 0 saturated heterocycles. The highest BCUT2D eigenvalue weighted by molar-refractivity contribution is 5.22. The van der Waals surface area contributed by atoms with Crippen molar-refractivity contribution in [3.8, 4) is 0 Å². The van der Waals surface area contributed by atoms with E-state index in [0.29, 0.717) is 5.56 Å². The number of rotatable bonds is 7. The van der Waals surface area contributed by atoms with E-state index in [4.69, 9.17) is 4.74 Å². The number of benzene rings is 1. The lowest BCUT2D eigenvalue weighted by Crippen LogP contribution is -2.29. The van der Waals surface area contributed by atoms with Gasteiger partial charge in [0.15, 0.2) is 11.6 Å². The maximum atomic E-state index is 13.3. The predicted octanol–water partition coefficient (Wildman–Crippen LogP) is 2.37. The van der Waals surface area contributed by atoms with E-state index < -0.39 is 17.7 Å². The zero-order valence-corrected chi connectivity index (χ0v) is 12.2. The summed E-state index contributed by atoms with van der Waals surface area (Å²) in [6.07, 6.45) is 2.47. The molecule has 2 rings (SSSR count). The number of pyridine rings is 1. The molecule has 2 aromatic rings. The lowest BCUT2D eigenvalue weighted by molar-refractivity contribution is 0.139. The van der Waals surface area contributed by atoms with Gasteiger partial charge in [0.05, 0.1) is 18.8 Å². The molecule has 118 valence electrons. The Kier molecular flexibility index (Phi) is 5.94. The first kappa shape index (κ1) is 16.5. The van der Waals surface area contributed by atoms with Gasteiger partial charge in [0.1, 0.15) is 0 Å². The van der Waals surface area contributed by atoms with Gasteiger partial charge in [0.25, 0.3) is 0 Å². The van der Waals surface area contributed by atoms with Crippen LogP contribution >= 0.6 is 0 Å². The van der Waals surface area contributed by atoms with Crippen LogP contribution in [0.5, 0.6) is 0 Å². The fourth-order valence-electron chi connectivity index (χ4n) is 2.13. The smallest absolute Gasteiger partial charge is 0.159 e. The van der Waals surface area contributed by atoms with Gasteiger partial charge in [-0.3, -0.25) is 4.98 Å². The molecule has 0 aliphatic heterocycles. The molecule has 22 heavy (non-hydrogen) atoms. The van der Waals surface area contributed by atoms with E-state index in [2.05, 4.69) is 10.3 Å². The first-order valence-electron chi connectivity index (χ1n) is 6.87. The summed E-state index contributed by atoms with van der Waals surface area (Å²) in [6.45, 7) is 0.519. The summed E-state index contributed by atoms with van der Waals surface area (Å²) in [6, 6.07) is 6.79. The molecular formula is C16H18F2N2O2. The lowest BCUT2D eigenvalue weighted by Gasteiger charge is -2.21. The number of aliphatic hydroxyl groups excluding tert-OH is 1. The molecule has 4 nitrogen and oxygen atoms in total. The van der Waals surface area contributed by atoms with Gasteiger partial charge in [-0.1, -0.05) is 6.07 Å². The fraction of sp³-hybridized carbons (Fsp3) is 0.312. The molecule has 2 unspecified atom stereocenters. The molecule has 0 fully saturated rings. The SMILES string of the molecule is COCC(NCC(O)c1ccncc1)c1ccc(F)c(F)c1. The molecule has 2 atom stereocenters. The molecule has 0 aliphatic rings. The Labute approximate surface area is 127 Å². The number of aliphatic hydroxyl groups is 1. The third-order valence-electron chi connectivity index (χ3n) is 3.33. The minimum atomic E-state index is -0.907. The highest BCUT2D eigenvalue weighted by atomic mass is 19.2. The van der Waals surface area contributed by atoms with Crippen molar-refractivity contribution in [1.29, 1.82) is 0 Å². The van der Waals surface area contributed by atoms with Crippen LogP contribution in [0.4, 0.5) is 8.78 Å². The summed E-state index contributed by atoms with van der Waals surface area (Å²) in [5, 5.41) is 13.2. The van der Waals surface area contributed by atoms with E-state index in [-0.39, 0.29) is 19.2 Å². The van der Waals surface area contributed by atoms with Crippen LogP contribution in [0, 0.1) is 11.6 Å². The molecule has 2 N–H and O–H groups in total. The second-order valence-electron chi connectivity index (χ2n) is 4.89. The Balaban J connectivity index is 2.04. The van der Waals surface area contributed by atoms with E-state index in [1.54, 1.807) is 24.5 Å². The number of ether oxygens (including phenoxy) is 1. The van der Waals surface area contributed by atoms with Crippen LogP contribution in [0.3, 0.4) is 0 Å². The zero-order chi connectivity index (χ0) is 15.9. The third-order valence-corrected chi connectivity index (χ3v) is 3.33. The van der Waals surface area contributed by atoms with Gasteiger partial charge in [0.2, 0.25) is 0 Å². The standard InChI is InChI=1S/C16H18F2N2O2/c1-22-10-15(12-2-3-13(17)14(18)8-12)20-9-16(21)11-4-6-19-7-5-11/h2-8,15-16,20-21H,9-10H2,1H3. The van der Waals surface area contributed by atoms with Crippen LogP contribution in [-0.2, 0) is 4.74 Å². The number of aromatic nitrogens is 1. The highest BCUT2D eigenvalue weighted by Crippen LogP contribution is 2.18. The lowest BCUT2D eigenvalue weighted by atomic mass is 10.1. The molecule has 0 saturated carbocycles. The molecule has 0 amide bonds. The second-order valence-corrected chi connectivity index (χ2v) is 4.89. The monoisotopic (exact) mass is 308 g/mol. The predicted molar refractivity (Wildman–Crippen MR) is 78.2 cm³/mol. The van der Waals surface area contributed by atoms with Gasteiger partial charge in [0, 0.05) is 26.0 Å². The van der Waals surface area contributed by atoms with E-state index in [1.165, 1.54) is 13.2 Å². The van der Waals surface area contributed by atoms with E-state index in [1.807, 2.05) is 0 Å². The van der Waals surface area contributed by atoms with Crippen LogP contribution in [0.25, 0.3) is 0 Å². The van der Waals surface area contributed by atoms with Crippen LogP contribution in [0.1, 0.15) is 23.3 Å². The highest BCUT2D eigenvalue weighted by Gasteiger charge is 2.16. The van der Waals surface area contributed by atoms with Gasteiger partial charge < -0.3 is 15.2 Å². The average Bonchev–Trinajstić information content (AvgIpc) is 2.54. The van der Waals surface area contributed by atoms with Crippen LogP contribution in [-0.4, -0.2) is 30.4 Å². The molecule has 6 heteroatoms. The Morgan fingerprint density at radius 2 is 1.86 bits per heavy atom. The summed E-state index contributed by atoms with van der Waals surface area (Å²) < 4.78 is 31.5. The average molecular weight is 308 g/mol. The van der Waals surface area contributed by atoms with Crippen LogP contribution < -0.4 is 5.32 Å². The van der Waals surface area contributed by atoms with Crippen molar-refractivity contribution < 1.29 is 18.6 Å². The van der Waals surface area contributed by atoms with Gasteiger partial charge in [-0.2, -0.15) is 0 Å². The van der Waals surface area contributed by atoms with Crippen LogP contribution in [0.2, 0.25) is 0 Å². The molecule has 1 aromatic heterocycles. The van der Waals surface area contributed by atoms with E-state index in [0.717, 1.165) is 17.7 Å². The Morgan fingerprint density at radius 1 is 1.14 bits per heavy atom. The molecule has 1 aromatic carbocycles. The van der Waals surface area contributed by atoms with E-state index >= 15 is 0 Å². The maximum Gasteiger partial charge on any atom is 0.159 e. The quantitative estimate of drug-likeness (QED) is 0.824.